The Bertz CT molecular complexity index is 649. The van der Waals surface area contributed by atoms with E-state index in [1.807, 2.05) is 18.2 Å². The lowest BCUT2D eigenvalue weighted by Gasteiger charge is -2.06. The van der Waals surface area contributed by atoms with Crippen molar-refractivity contribution in [1.29, 1.82) is 0 Å². The molecule has 2 aromatic rings. The number of benzene rings is 1. The van der Waals surface area contributed by atoms with E-state index in [0.29, 0.717) is 17.8 Å². The van der Waals surface area contributed by atoms with Crippen LogP contribution in [0.15, 0.2) is 29.1 Å². The first-order valence-electron chi connectivity index (χ1n) is 7.59. The predicted molar refractivity (Wildman–Crippen MR) is 82.2 cm³/mol. The molecule has 1 heterocycles. The van der Waals surface area contributed by atoms with E-state index in [1.54, 1.807) is 6.07 Å². The molecule has 112 valence electrons. The van der Waals surface area contributed by atoms with Crippen LogP contribution in [0.3, 0.4) is 0 Å². The number of rotatable bonds is 8. The summed E-state index contributed by atoms with van der Waals surface area (Å²) in [6.45, 7) is 3.15. The van der Waals surface area contributed by atoms with Gasteiger partial charge in [-0.25, -0.2) is 4.98 Å². The molecule has 0 radical (unpaired) electrons. The molecule has 5 heteroatoms. The van der Waals surface area contributed by atoms with Crippen molar-refractivity contribution in [2.45, 2.75) is 25.8 Å². The molecule has 5 nitrogen and oxygen atoms in total. The summed E-state index contributed by atoms with van der Waals surface area (Å²) in [6, 6.07) is 7.39. The fourth-order valence-electron chi connectivity index (χ4n) is 2.26. The third-order valence-corrected chi connectivity index (χ3v) is 3.65. The second-order valence-electron chi connectivity index (χ2n) is 5.58. The zero-order chi connectivity index (χ0) is 14.5. The van der Waals surface area contributed by atoms with Crippen LogP contribution in [0.1, 0.15) is 25.1 Å². The number of aromatic amines is 1. The van der Waals surface area contributed by atoms with Gasteiger partial charge in [0.15, 0.2) is 0 Å². The number of fused-ring (bicyclic) bond motifs is 1. The second kappa shape index (κ2) is 6.83. The number of H-pyrrole nitrogens is 1. The lowest BCUT2D eigenvalue weighted by Crippen LogP contribution is -2.21. The van der Waals surface area contributed by atoms with Gasteiger partial charge in [-0.05, 0) is 43.9 Å². The Morgan fingerprint density at radius 3 is 3.05 bits per heavy atom. The van der Waals surface area contributed by atoms with Gasteiger partial charge in [0.1, 0.15) is 5.82 Å². The molecule has 1 saturated carbocycles. The topological polar surface area (TPSA) is 67.0 Å². The highest BCUT2D eigenvalue weighted by molar-refractivity contribution is 5.77. The normalized spacial score (nSPS) is 14.7. The van der Waals surface area contributed by atoms with Gasteiger partial charge in [0, 0.05) is 13.2 Å². The zero-order valence-electron chi connectivity index (χ0n) is 12.1. The van der Waals surface area contributed by atoms with Gasteiger partial charge in [0.2, 0.25) is 0 Å². The van der Waals surface area contributed by atoms with Gasteiger partial charge in [0.05, 0.1) is 17.4 Å². The minimum atomic E-state index is -0.0785. The Morgan fingerprint density at radius 1 is 1.33 bits per heavy atom. The monoisotopic (exact) mass is 287 g/mol. The van der Waals surface area contributed by atoms with E-state index in [-0.39, 0.29) is 5.56 Å². The maximum Gasteiger partial charge on any atom is 0.258 e. The quantitative estimate of drug-likeness (QED) is 0.727. The molecule has 0 aliphatic heterocycles. The van der Waals surface area contributed by atoms with E-state index in [0.717, 1.165) is 37.6 Å². The van der Waals surface area contributed by atoms with Crippen LogP contribution in [-0.4, -0.2) is 29.7 Å². The minimum absolute atomic E-state index is 0.0785. The summed E-state index contributed by atoms with van der Waals surface area (Å²) in [4.78, 5) is 19.2. The summed E-state index contributed by atoms with van der Waals surface area (Å²) < 4.78 is 5.57. The molecule has 0 bridgehead atoms. The molecule has 0 amide bonds. The summed E-state index contributed by atoms with van der Waals surface area (Å²) in [6.07, 6.45) is 3.64. The first-order chi connectivity index (χ1) is 10.3. The maximum atomic E-state index is 11.9. The van der Waals surface area contributed by atoms with Crippen LogP contribution >= 0.6 is 0 Å². The second-order valence-corrected chi connectivity index (χ2v) is 5.58. The van der Waals surface area contributed by atoms with E-state index in [9.17, 15) is 4.79 Å². The highest BCUT2D eigenvalue weighted by Gasteiger charge is 2.20. The van der Waals surface area contributed by atoms with E-state index in [4.69, 9.17) is 4.74 Å². The van der Waals surface area contributed by atoms with E-state index in [2.05, 4.69) is 15.3 Å². The van der Waals surface area contributed by atoms with Crippen molar-refractivity contribution in [3.05, 3.63) is 40.4 Å². The van der Waals surface area contributed by atoms with Crippen LogP contribution in [0, 0.1) is 5.92 Å². The van der Waals surface area contributed by atoms with Crippen molar-refractivity contribution >= 4 is 10.9 Å². The molecular weight excluding hydrogens is 266 g/mol. The lowest BCUT2D eigenvalue weighted by molar-refractivity contribution is 0.122. The largest absolute Gasteiger partial charge is 0.381 e. The molecule has 1 fully saturated rings. The molecule has 1 aromatic heterocycles. The van der Waals surface area contributed by atoms with Crippen molar-refractivity contribution in [3.8, 4) is 0 Å². The van der Waals surface area contributed by atoms with Gasteiger partial charge in [-0.1, -0.05) is 12.1 Å². The lowest BCUT2D eigenvalue weighted by atomic mass is 10.2. The van der Waals surface area contributed by atoms with Crippen molar-refractivity contribution in [1.82, 2.24) is 15.3 Å². The van der Waals surface area contributed by atoms with Crippen molar-refractivity contribution in [3.63, 3.8) is 0 Å². The standard InChI is InChI=1S/C16H21N3O2/c20-16-13-4-1-2-5-14(13)18-15(19-16)10-17-8-3-9-21-11-12-6-7-12/h1-2,4-5,12,17H,3,6-11H2,(H,18,19,20). The Kier molecular flexibility index (Phi) is 4.62. The van der Waals surface area contributed by atoms with Crippen LogP contribution in [0.5, 0.6) is 0 Å². The summed E-state index contributed by atoms with van der Waals surface area (Å²) in [5.74, 6) is 1.50. The molecule has 2 N–H and O–H groups in total. The Hall–Kier alpha value is -1.72. The molecule has 0 atom stereocenters. The molecule has 0 spiro atoms. The van der Waals surface area contributed by atoms with Gasteiger partial charge in [-0.2, -0.15) is 0 Å². The first kappa shape index (κ1) is 14.2. The molecule has 21 heavy (non-hydrogen) atoms. The van der Waals surface area contributed by atoms with Crippen LogP contribution in [0.25, 0.3) is 10.9 Å². The minimum Gasteiger partial charge on any atom is -0.381 e. The third-order valence-electron chi connectivity index (χ3n) is 3.65. The Balaban J connectivity index is 1.43. The van der Waals surface area contributed by atoms with E-state index >= 15 is 0 Å². The average Bonchev–Trinajstić information content (AvgIpc) is 3.30. The highest BCUT2D eigenvalue weighted by atomic mass is 16.5. The molecule has 3 rings (SSSR count). The summed E-state index contributed by atoms with van der Waals surface area (Å²) in [5.41, 5.74) is 0.663. The fourth-order valence-corrected chi connectivity index (χ4v) is 2.26. The van der Waals surface area contributed by atoms with Gasteiger partial charge < -0.3 is 15.0 Å². The highest BCUT2D eigenvalue weighted by Crippen LogP contribution is 2.28. The van der Waals surface area contributed by atoms with Crippen molar-refractivity contribution in [2.75, 3.05) is 19.8 Å². The van der Waals surface area contributed by atoms with Gasteiger partial charge in [-0.3, -0.25) is 4.79 Å². The number of hydrogen-bond donors (Lipinski definition) is 2. The fraction of sp³-hybridized carbons (Fsp3) is 0.500. The van der Waals surface area contributed by atoms with Crippen molar-refractivity contribution < 1.29 is 4.74 Å². The van der Waals surface area contributed by atoms with Gasteiger partial charge in [-0.15, -0.1) is 0 Å². The molecular formula is C16H21N3O2. The molecule has 1 aliphatic rings. The number of nitrogens with zero attached hydrogens (tertiary/aromatic N) is 1. The number of para-hydroxylation sites is 1. The van der Waals surface area contributed by atoms with E-state index in [1.165, 1.54) is 12.8 Å². The van der Waals surface area contributed by atoms with Crippen LogP contribution in [0.4, 0.5) is 0 Å². The molecule has 1 aromatic carbocycles. The predicted octanol–water partition coefficient (Wildman–Crippen LogP) is 1.83. The number of hydrogen-bond acceptors (Lipinski definition) is 4. The third kappa shape index (κ3) is 4.12. The van der Waals surface area contributed by atoms with Gasteiger partial charge in [0.25, 0.3) is 5.56 Å². The number of aromatic nitrogens is 2. The van der Waals surface area contributed by atoms with Gasteiger partial charge >= 0.3 is 0 Å². The average molecular weight is 287 g/mol. The first-order valence-corrected chi connectivity index (χ1v) is 7.59. The number of ether oxygens (including phenoxy) is 1. The summed E-state index contributed by atoms with van der Waals surface area (Å²) in [5, 5.41) is 3.92. The molecule has 0 unspecified atom stereocenters. The van der Waals surface area contributed by atoms with E-state index < -0.39 is 0 Å². The molecule has 0 saturated heterocycles. The number of nitrogens with one attached hydrogen (secondary N) is 2. The van der Waals surface area contributed by atoms with Crippen molar-refractivity contribution in [2.24, 2.45) is 5.92 Å². The summed E-state index contributed by atoms with van der Waals surface area (Å²) in [7, 11) is 0. The maximum absolute atomic E-state index is 11.9. The van der Waals surface area contributed by atoms with Crippen LogP contribution in [0.2, 0.25) is 0 Å². The Morgan fingerprint density at radius 2 is 2.19 bits per heavy atom. The SMILES string of the molecule is O=c1[nH]c(CNCCCOCC2CC2)nc2ccccc12. The Labute approximate surface area is 123 Å². The smallest absolute Gasteiger partial charge is 0.258 e. The van der Waals surface area contributed by atoms with Crippen LogP contribution < -0.4 is 10.9 Å². The van der Waals surface area contributed by atoms with Crippen LogP contribution in [-0.2, 0) is 11.3 Å². The summed E-state index contributed by atoms with van der Waals surface area (Å²) >= 11 is 0. The zero-order valence-corrected chi connectivity index (χ0v) is 12.1. The molecule has 1 aliphatic carbocycles.